The summed E-state index contributed by atoms with van der Waals surface area (Å²) >= 11 is 0. The van der Waals surface area contributed by atoms with Crippen molar-refractivity contribution in [2.45, 2.75) is 92.7 Å². The van der Waals surface area contributed by atoms with Gasteiger partial charge in [-0.25, -0.2) is 4.79 Å². The van der Waals surface area contributed by atoms with Gasteiger partial charge in [0.2, 0.25) is 0 Å². The maximum atomic E-state index is 13.0. The van der Waals surface area contributed by atoms with Crippen LogP contribution in [0.4, 0.5) is 45.1 Å². The fourth-order valence-corrected chi connectivity index (χ4v) is 8.44. The zero-order valence-electron chi connectivity index (χ0n) is 41.9. The van der Waals surface area contributed by atoms with E-state index in [2.05, 4.69) is 56.2 Å². The van der Waals surface area contributed by atoms with Crippen LogP contribution in [0.15, 0.2) is 127 Å². The Balaban J connectivity index is 0.000000160. The number of hydrogen-bond acceptors (Lipinski definition) is 6. The number of hydrogen-bond donors (Lipinski definition) is 0. The molecule has 0 N–H and O–H groups in total. The summed E-state index contributed by atoms with van der Waals surface area (Å²) in [6.45, 7) is 10.9. The number of amides is 5. The van der Waals surface area contributed by atoms with Gasteiger partial charge >= 0.3 is 19.3 Å². The molecule has 5 amide bonds. The molecule has 6 aromatic rings. The lowest BCUT2D eigenvalue weighted by molar-refractivity contribution is -0.0505. The van der Waals surface area contributed by atoms with Crippen molar-refractivity contribution in [2.24, 2.45) is 0 Å². The minimum absolute atomic E-state index is 0.00188. The normalized spacial score (nSPS) is 13.7. The van der Waals surface area contributed by atoms with Gasteiger partial charge in [0.05, 0.1) is 19.6 Å². The number of carbonyl (C=O) groups is 4. The van der Waals surface area contributed by atoms with Gasteiger partial charge in [-0.2, -0.15) is 17.6 Å². The molecule has 0 aromatic heterocycles. The molecular weight excluding hydrogens is 927 g/mol. The largest absolute Gasteiger partial charge is 0.435 e. The Morgan fingerprint density at radius 3 is 1.36 bits per heavy atom. The van der Waals surface area contributed by atoms with Crippen LogP contribution in [0.5, 0.6) is 11.5 Å². The molecule has 0 spiro atoms. The van der Waals surface area contributed by atoms with Gasteiger partial charge in [-0.1, -0.05) is 94.8 Å². The third-order valence-corrected chi connectivity index (χ3v) is 12.9. The van der Waals surface area contributed by atoms with Crippen LogP contribution in [0.2, 0.25) is 0 Å². The van der Waals surface area contributed by atoms with E-state index in [1.807, 2.05) is 92.7 Å². The summed E-state index contributed by atoms with van der Waals surface area (Å²) in [5, 5.41) is 0. The molecule has 3 aliphatic rings. The summed E-state index contributed by atoms with van der Waals surface area (Å²) in [5.41, 5.74) is 10.9. The summed E-state index contributed by atoms with van der Waals surface area (Å²) in [7, 11) is 3.50. The quantitative estimate of drug-likeness (QED) is 0.127. The number of fused-ring (bicyclic) bond motifs is 3. The van der Waals surface area contributed by atoms with Crippen LogP contribution in [0, 0.1) is 6.92 Å². The molecule has 376 valence electrons. The van der Waals surface area contributed by atoms with Gasteiger partial charge < -0.3 is 29.1 Å². The van der Waals surface area contributed by atoms with Crippen molar-refractivity contribution in [1.82, 2.24) is 4.90 Å². The highest BCUT2D eigenvalue weighted by atomic mass is 19.3. The lowest BCUT2D eigenvalue weighted by Crippen LogP contribution is -2.38. The summed E-state index contributed by atoms with van der Waals surface area (Å²) in [5.74, 6) is 0.0444. The van der Waals surface area contributed by atoms with E-state index in [0.717, 1.165) is 45.0 Å². The van der Waals surface area contributed by atoms with E-state index in [1.165, 1.54) is 35.4 Å². The maximum Gasteiger partial charge on any atom is 0.387 e. The number of anilines is 4. The predicted octanol–water partition coefficient (Wildman–Crippen LogP) is 13.0. The van der Waals surface area contributed by atoms with Crippen molar-refractivity contribution in [2.75, 3.05) is 40.2 Å². The zero-order valence-corrected chi connectivity index (χ0v) is 41.9. The van der Waals surface area contributed by atoms with E-state index in [-0.39, 0.29) is 40.7 Å². The lowest BCUT2D eigenvalue weighted by Gasteiger charge is -2.24. The van der Waals surface area contributed by atoms with Crippen LogP contribution < -0.4 is 29.1 Å². The number of alkyl halides is 4. The van der Waals surface area contributed by atoms with Crippen molar-refractivity contribution in [1.29, 1.82) is 0 Å². The summed E-state index contributed by atoms with van der Waals surface area (Å²) in [6.07, 6.45) is 0. The highest BCUT2D eigenvalue weighted by molar-refractivity contribution is 6.12. The molecule has 0 unspecified atom stereocenters. The van der Waals surface area contributed by atoms with Crippen LogP contribution in [0.1, 0.15) is 112 Å². The lowest BCUT2D eigenvalue weighted by atomic mass is 9.87. The Morgan fingerprint density at radius 2 is 0.972 bits per heavy atom. The average Bonchev–Trinajstić information content (AvgIpc) is 3.99. The number of aryl methyl sites for hydroxylation is 1. The Bertz CT molecular complexity index is 2940. The Kier molecular flexibility index (Phi) is 15.8. The smallest absolute Gasteiger partial charge is 0.387 e. The molecule has 0 atom stereocenters. The molecular formula is C57H59F4N5O6. The predicted molar refractivity (Wildman–Crippen MR) is 273 cm³/mol. The summed E-state index contributed by atoms with van der Waals surface area (Å²) < 4.78 is 57.8. The molecule has 3 heterocycles. The molecule has 72 heavy (non-hydrogen) atoms. The Hall–Kier alpha value is -7.68. The van der Waals surface area contributed by atoms with Crippen LogP contribution in [-0.2, 0) is 25.0 Å². The molecule has 6 aromatic carbocycles. The SMILES string of the molecule is CC(C)(C)c1ccc(N2Cc3ccc(OC(F)F)cc3C2=O)cc1.CCN(C)C(=O)N(C)c1ccc2c(c1)C(=O)N(c1ccc(C(C)C)cc1)C2.Cc1ccc(N2Cc3ccc(OC(F)F)cc3C2=O)cc1. The summed E-state index contributed by atoms with van der Waals surface area (Å²) in [4.78, 5) is 58.6. The first-order chi connectivity index (χ1) is 34.1. The molecule has 11 nitrogen and oxygen atoms in total. The fourth-order valence-electron chi connectivity index (χ4n) is 8.44. The third kappa shape index (κ3) is 11.7. The van der Waals surface area contributed by atoms with Crippen LogP contribution in [-0.4, -0.2) is 62.5 Å². The molecule has 3 aliphatic heterocycles. The second kappa shape index (κ2) is 21.8. The van der Waals surface area contributed by atoms with Gasteiger partial charge in [0, 0.05) is 60.1 Å². The van der Waals surface area contributed by atoms with E-state index in [1.54, 1.807) is 50.7 Å². The second-order valence-electron chi connectivity index (χ2n) is 19.1. The first-order valence-corrected chi connectivity index (χ1v) is 23.6. The monoisotopic (exact) mass is 985 g/mol. The fraction of sp³-hybridized carbons (Fsp3) is 0.298. The molecule has 9 rings (SSSR count). The van der Waals surface area contributed by atoms with Crippen molar-refractivity contribution < 1.29 is 46.2 Å². The molecule has 15 heteroatoms. The van der Waals surface area contributed by atoms with Gasteiger partial charge in [0.15, 0.2) is 0 Å². The number of urea groups is 1. The maximum absolute atomic E-state index is 13.0. The van der Waals surface area contributed by atoms with Crippen molar-refractivity contribution in [3.8, 4) is 11.5 Å². The first kappa shape index (κ1) is 52.2. The van der Waals surface area contributed by atoms with Gasteiger partial charge in [0.25, 0.3) is 17.7 Å². The van der Waals surface area contributed by atoms with Gasteiger partial charge in [-0.15, -0.1) is 0 Å². The average molecular weight is 986 g/mol. The Morgan fingerprint density at radius 1 is 0.583 bits per heavy atom. The van der Waals surface area contributed by atoms with Gasteiger partial charge in [-0.3, -0.25) is 19.3 Å². The first-order valence-electron chi connectivity index (χ1n) is 23.6. The number of benzene rings is 6. The number of halogens is 4. The molecule has 0 saturated carbocycles. The molecule has 0 fully saturated rings. The number of ether oxygens (including phenoxy) is 2. The van der Waals surface area contributed by atoms with E-state index >= 15 is 0 Å². The molecule has 0 bridgehead atoms. The standard InChI is InChI=1S/C22H27N3O2.C19H19F2NO2.C16H13F2NO2/c1-6-23(4)22(27)24(5)19-12-9-17-14-25(21(26)20(17)13-19)18-10-7-16(8-11-18)15(2)3;1-19(2,3)13-5-7-14(8-6-13)22-11-12-4-9-15(24-18(20)21)10-16(12)17(22)23;1-10-2-5-12(6-3-10)19-9-11-4-7-13(21-16(17)18)8-14(11)15(19)20/h7-13,15H,6,14H2,1-5H3;4-10,18H,11H2,1-3H3;2-8,16H,9H2,1H3. The highest BCUT2D eigenvalue weighted by Gasteiger charge is 2.32. The van der Waals surface area contributed by atoms with Gasteiger partial charge in [0.1, 0.15) is 11.5 Å². The number of nitrogens with zero attached hydrogens (tertiary/aromatic N) is 5. The van der Waals surface area contributed by atoms with E-state index in [4.69, 9.17) is 0 Å². The molecule has 0 saturated heterocycles. The van der Waals surface area contributed by atoms with Crippen molar-refractivity contribution >= 4 is 46.5 Å². The number of rotatable bonds is 10. The minimum Gasteiger partial charge on any atom is -0.435 e. The van der Waals surface area contributed by atoms with Gasteiger partial charge in [-0.05, 0) is 126 Å². The molecule has 0 radical (unpaired) electrons. The third-order valence-electron chi connectivity index (χ3n) is 12.9. The van der Waals surface area contributed by atoms with E-state index in [9.17, 15) is 36.7 Å². The van der Waals surface area contributed by atoms with Crippen LogP contribution in [0.3, 0.4) is 0 Å². The van der Waals surface area contributed by atoms with Crippen LogP contribution in [0.25, 0.3) is 0 Å². The second-order valence-corrected chi connectivity index (χ2v) is 19.1. The van der Waals surface area contributed by atoms with E-state index in [0.29, 0.717) is 48.8 Å². The summed E-state index contributed by atoms with van der Waals surface area (Å²) in [6, 6.07) is 38.2. The van der Waals surface area contributed by atoms with Crippen molar-refractivity contribution in [3.05, 3.63) is 177 Å². The highest BCUT2D eigenvalue weighted by Crippen LogP contribution is 2.35. The van der Waals surface area contributed by atoms with Crippen LogP contribution >= 0.6 is 0 Å². The molecule has 0 aliphatic carbocycles. The minimum atomic E-state index is -2.90. The van der Waals surface area contributed by atoms with E-state index < -0.39 is 13.2 Å². The Labute approximate surface area is 418 Å². The van der Waals surface area contributed by atoms with Crippen molar-refractivity contribution in [3.63, 3.8) is 0 Å². The zero-order chi connectivity index (χ0) is 52.2. The topological polar surface area (TPSA) is 103 Å². The number of carbonyl (C=O) groups excluding carboxylic acids is 4.